The lowest BCUT2D eigenvalue weighted by Gasteiger charge is -2.36. The number of anilines is 5. The number of ether oxygens (including phenoxy) is 2. The van der Waals surface area contributed by atoms with Crippen molar-refractivity contribution >= 4 is 44.7 Å². The van der Waals surface area contributed by atoms with Crippen LogP contribution in [0.2, 0.25) is 0 Å². The number of benzene rings is 3. The summed E-state index contributed by atoms with van der Waals surface area (Å²) >= 11 is 0. The van der Waals surface area contributed by atoms with Crippen molar-refractivity contribution in [3.8, 4) is 5.75 Å². The van der Waals surface area contributed by atoms with Gasteiger partial charge in [-0.15, -0.1) is 0 Å². The first-order chi connectivity index (χ1) is 20.9. The molecule has 1 saturated heterocycles. The highest BCUT2D eigenvalue weighted by Crippen LogP contribution is 2.33. The first kappa shape index (κ1) is 29.7. The second kappa shape index (κ2) is 13.5. The number of rotatable bonds is 11. The van der Waals surface area contributed by atoms with Crippen molar-refractivity contribution < 1.29 is 22.7 Å². The van der Waals surface area contributed by atoms with Gasteiger partial charge in [0, 0.05) is 45.0 Å². The fourth-order valence-electron chi connectivity index (χ4n) is 4.73. The zero-order chi connectivity index (χ0) is 30.2. The average molecular weight is 604 g/mol. The van der Waals surface area contributed by atoms with E-state index in [0.29, 0.717) is 56.3 Å². The van der Waals surface area contributed by atoms with Gasteiger partial charge in [-0.1, -0.05) is 30.3 Å². The predicted molar refractivity (Wildman–Crippen MR) is 163 cm³/mol. The van der Waals surface area contributed by atoms with E-state index in [-0.39, 0.29) is 27.6 Å². The smallest absolute Gasteiger partial charge is 0.232 e. The van der Waals surface area contributed by atoms with Crippen LogP contribution < -0.4 is 20.3 Å². The summed E-state index contributed by atoms with van der Waals surface area (Å²) in [5.74, 6) is 1.10. The van der Waals surface area contributed by atoms with E-state index in [4.69, 9.17) is 9.47 Å². The van der Waals surface area contributed by atoms with Crippen molar-refractivity contribution in [2.75, 3.05) is 62.5 Å². The van der Waals surface area contributed by atoms with E-state index in [2.05, 4.69) is 30.5 Å². The molecule has 1 amide bonds. The van der Waals surface area contributed by atoms with Crippen molar-refractivity contribution in [1.82, 2.24) is 19.9 Å². The molecule has 0 atom stereocenters. The Bertz CT molecular complexity index is 1660. The second-order valence-electron chi connectivity index (χ2n) is 9.69. The molecule has 0 radical (unpaired) electrons. The Morgan fingerprint density at radius 1 is 0.860 bits per heavy atom. The number of para-hydroxylation sites is 1. The Morgan fingerprint density at radius 3 is 2.23 bits per heavy atom. The molecule has 2 heterocycles. The number of amides is 1. The normalized spacial score (nSPS) is 13.4. The van der Waals surface area contributed by atoms with Crippen LogP contribution in [-0.4, -0.2) is 81.2 Å². The van der Waals surface area contributed by atoms with Crippen LogP contribution in [0.15, 0.2) is 88.9 Å². The Kier molecular flexibility index (Phi) is 9.32. The summed E-state index contributed by atoms with van der Waals surface area (Å²) in [5, 5.41) is 6.19. The van der Waals surface area contributed by atoms with E-state index in [1.54, 1.807) is 62.8 Å². The van der Waals surface area contributed by atoms with E-state index in [1.165, 1.54) is 12.4 Å². The minimum absolute atomic E-state index is 0.103. The Balaban J connectivity index is 1.29. The standard InChI is InChI=1S/C30H33N7O5S/c1-41-19-14-28(38)37-17-15-36(16-18-37)22-12-13-24(26(20-22)42-2)33-29-31-21-32-30(35-29)34-25-10-6-7-11-27(25)43(39,40)23-8-4-3-5-9-23/h3-13,20-21H,14-19H2,1-2H3,(H2,31,32,33,34,35). The molecule has 0 spiro atoms. The summed E-state index contributed by atoms with van der Waals surface area (Å²) < 4.78 is 37.3. The summed E-state index contributed by atoms with van der Waals surface area (Å²) in [4.78, 5) is 29.5. The summed E-state index contributed by atoms with van der Waals surface area (Å²) in [5.41, 5.74) is 1.95. The van der Waals surface area contributed by atoms with Crippen LogP contribution in [0.25, 0.3) is 0 Å². The summed E-state index contributed by atoms with van der Waals surface area (Å²) in [6, 6.07) is 20.6. The topological polar surface area (TPSA) is 139 Å². The van der Waals surface area contributed by atoms with Crippen LogP contribution in [0.4, 0.5) is 29.0 Å². The van der Waals surface area contributed by atoms with Gasteiger partial charge in [-0.05, 0) is 36.4 Å². The van der Waals surface area contributed by atoms with Crippen molar-refractivity contribution in [2.45, 2.75) is 16.2 Å². The highest BCUT2D eigenvalue weighted by Gasteiger charge is 2.23. The largest absolute Gasteiger partial charge is 0.494 e. The van der Waals surface area contributed by atoms with E-state index in [9.17, 15) is 13.2 Å². The molecule has 5 rings (SSSR count). The lowest BCUT2D eigenvalue weighted by molar-refractivity contribution is -0.132. The monoisotopic (exact) mass is 603 g/mol. The highest BCUT2D eigenvalue weighted by atomic mass is 32.2. The molecule has 0 aliphatic carbocycles. The zero-order valence-corrected chi connectivity index (χ0v) is 24.8. The molecular formula is C30H33N7O5S. The summed E-state index contributed by atoms with van der Waals surface area (Å²) in [7, 11) is -0.599. The van der Waals surface area contributed by atoms with Crippen LogP contribution >= 0.6 is 0 Å². The maximum atomic E-state index is 13.3. The van der Waals surface area contributed by atoms with Crippen LogP contribution in [-0.2, 0) is 19.4 Å². The maximum Gasteiger partial charge on any atom is 0.232 e. The molecule has 0 unspecified atom stereocenters. The van der Waals surface area contributed by atoms with Gasteiger partial charge in [0.25, 0.3) is 0 Å². The van der Waals surface area contributed by atoms with Gasteiger partial charge in [0.15, 0.2) is 0 Å². The second-order valence-corrected chi connectivity index (χ2v) is 11.6. The molecule has 1 aromatic heterocycles. The number of carbonyl (C=O) groups is 1. The molecule has 3 aromatic carbocycles. The Hall–Kier alpha value is -4.75. The third-order valence-corrected chi connectivity index (χ3v) is 8.83. The minimum atomic E-state index is -3.78. The van der Waals surface area contributed by atoms with Gasteiger partial charge in [-0.3, -0.25) is 4.79 Å². The zero-order valence-electron chi connectivity index (χ0n) is 23.9. The molecule has 43 heavy (non-hydrogen) atoms. The lowest BCUT2D eigenvalue weighted by atomic mass is 10.2. The summed E-state index contributed by atoms with van der Waals surface area (Å²) in [6.07, 6.45) is 1.72. The molecule has 1 fully saturated rings. The molecule has 12 nitrogen and oxygen atoms in total. The number of nitrogens with one attached hydrogen (secondary N) is 2. The Labute approximate surface area is 250 Å². The molecule has 1 aliphatic rings. The van der Waals surface area contributed by atoms with E-state index in [0.717, 1.165) is 5.69 Å². The van der Waals surface area contributed by atoms with E-state index >= 15 is 0 Å². The number of hydrogen-bond acceptors (Lipinski definition) is 11. The van der Waals surface area contributed by atoms with Gasteiger partial charge in [-0.2, -0.15) is 4.98 Å². The average Bonchev–Trinajstić information content (AvgIpc) is 3.04. The third kappa shape index (κ3) is 7.01. The van der Waals surface area contributed by atoms with Crippen molar-refractivity contribution in [3.63, 3.8) is 0 Å². The van der Waals surface area contributed by atoms with Gasteiger partial charge in [0.05, 0.1) is 41.3 Å². The summed E-state index contributed by atoms with van der Waals surface area (Å²) in [6.45, 7) is 3.12. The van der Waals surface area contributed by atoms with E-state index < -0.39 is 9.84 Å². The van der Waals surface area contributed by atoms with Crippen LogP contribution in [0.1, 0.15) is 6.42 Å². The molecule has 1 aliphatic heterocycles. The number of aromatic nitrogens is 3. The number of hydrogen-bond donors (Lipinski definition) is 2. The Morgan fingerprint density at radius 2 is 1.53 bits per heavy atom. The fourth-order valence-corrected chi connectivity index (χ4v) is 6.17. The van der Waals surface area contributed by atoms with Crippen LogP contribution in [0.3, 0.4) is 0 Å². The molecule has 0 bridgehead atoms. The van der Waals surface area contributed by atoms with Crippen LogP contribution in [0, 0.1) is 0 Å². The van der Waals surface area contributed by atoms with Crippen molar-refractivity contribution in [3.05, 3.63) is 79.1 Å². The minimum Gasteiger partial charge on any atom is -0.494 e. The molecule has 13 heteroatoms. The molecule has 4 aromatic rings. The number of piperazine rings is 1. The number of methoxy groups -OCH3 is 2. The maximum absolute atomic E-state index is 13.3. The number of sulfone groups is 1. The van der Waals surface area contributed by atoms with Crippen molar-refractivity contribution in [1.29, 1.82) is 0 Å². The molecule has 224 valence electrons. The predicted octanol–water partition coefficient (Wildman–Crippen LogP) is 3.89. The van der Waals surface area contributed by atoms with Gasteiger partial charge in [0.1, 0.15) is 12.1 Å². The van der Waals surface area contributed by atoms with Gasteiger partial charge < -0.3 is 29.9 Å². The first-order valence-corrected chi connectivity index (χ1v) is 15.2. The van der Waals surface area contributed by atoms with Gasteiger partial charge in [0.2, 0.25) is 27.6 Å². The quantitative estimate of drug-likeness (QED) is 0.258. The van der Waals surface area contributed by atoms with E-state index in [1.807, 2.05) is 23.1 Å². The number of nitrogens with zero attached hydrogens (tertiary/aromatic N) is 5. The molecule has 0 saturated carbocycles. The third-order valence-electron chi connectivity index (χ3n) is 7.00. The van der Waals surface area contributed by atoms with Gasteiger partial charge in [-0.25, -0.2) is 18.4 Å². The molecular weight excluding hydrogens is 570 g/mol. The first-order valence-electron chi connectivity index (χ1n) is 13.7. The lowest BCUT2D eigenvalue weighted by Crippen LogP contribution is -2.49. The van der Waals surface area contributed by atoms with Crippen molar-refractivity contribution in [2.24, 2.45) is 0 Å². The van der Waals surface area contributed by atoms with Gasteiger partial charge >= 0.3 is 0 Å². The fraction of sp³-hybridized carbons (Fsp3) is 0.267. The number of carbonyl (C=O) groups excluding carboxylic acids is 1. The highest BCUT2D eigenvalue weighted by molar-refractivity contribution is 7.91. The van der Waals surface area contributed by atoms with Crippen LogP contribution in [0.5, 0.6) is 5.75 Å². The SMILES string of the molecule is COCCC(=O)N1CCN(c2ccc(Nc3ncnc(Nc4ccccc4S(=O)(=O)c4ccccc4)n3)c(OC)c2)CC1. The molecule has 2 N–H and O–H groups in total.